The van der Waals surface area contributed by atoms with Gasteiger partial charge in [-0.05, 0) is 46.4 Å². The van der Waals surface area contributed by atoms with Crippen LogP contribution in [0.3, 0.4) is 0 Å². The van der Waals surface area contributed by atoms with E-state index in [1.165, 1.54) is 5.56 Å². The molecule has 0 spiro atoms. The number of nitrogens with one attached hydrogen (secondary N) is 1. The average molecular weight is 279 g/mol. The van der Waals surface area contributed by atoms with E-state index in [4.69, 9.17) is 4.74 Å². The minimum Gasteiger partial charge on any atom is -0.380 e. The first kappa shape index (κ1) is 17.1. The minimum absolute atomic E-state index is 0.137. The van der Waals surface area contributed by atoms with Crippen LogP contribution in [0.1, 0.15) is 39.0 Å². The van der Waals surface area contributed by atoms with E-state index in [2.05, 4.69) is 55.2 Å². The van der Waals surface area contributed by atoms with Crippen molar-refractivity contribution in [2.75, 3.05) is 26.8 Å². The molecule has 0 aliphatic heterocycles. The van der Waals surface area contributed by atoms with Gasteiger partial charge in [-0.2, -0.15) is 0 Å². The van der Waals surface area contributed by atoms with E-state index in [0.29, 0.717) is 0 Å². The highest BCUT2D eigenvalue weighted by Gasteiger charge is 2.08. The van der Waals surface area contributed by atoms with Crippen LogP contribution in [0.2, 0.25) is 0 Å². The van der Waals surface area contributed by atoms with E-state index in [9.17, 15) is 0 Å². The second-order valence-corrected chi connectivity index (χ2v) is 6.20. The van der Waals surface area contributed by atoms with Gasteiger partial charge in [-0.15, -0.1) is 0 Å². The number of nitrogens with zero attached hydrogens (tertiary/aromatic N) is 2. The van der Waals surface area contributed by atoms with E-state index in [1.54, 1.807) is 0 Å². The third-order valence-corrected chi connectivity index (χ3v) is 2.96. The molecule has 0 amide bonds. The van der Waals surface area contributed by atoms with Crippen LogP contribution in [0.5, 0.6) is 0 Å². The highest BCUT2D eigenvalue weighted by molar-refractivity contribution is 5.14. The van der Waals surface area contributed by atoms with Gasteiger partial charge in [0.2, 0.25) is 0 Å². The van der Waals surface area contributed by atoms with Crippen LogP contribution in [0.25, 0.3) is 0 Å². The summed E-state index contributed by atoms with van der Waals surface area (Å²) in [6, 6.07) is 4.26. The molecule has 4 heteroatoms. The van der Waals surface area contributed by atoms with Gasteiger partial charge in [0, 0.05) is 38.0 Å². The Morgan fingerprint density at radius 1 is 1.30 bits per heavy atom. The lowest BCUT2D eigenvalue weighted by molar-refractivity contribution is 0.120. The molecule has 1 heterocycles. The fraction of sp³-hybridized carbons (Fsp3) is 0.688. The SMILES string of the molecule is CCOCCN(C)Cc1ccc(CNC(C)(C)C)cn1. The fourth-order valence-electron chi connectivity index (χ4n) is 1.74. The van der Waals surface area contributed by atoms with Gasteiger partial charge in [0.05, 0.1) is 12.3 Å². The molecule has 0 aromatic carbocycles. The largest absolute Gasteiger partial charge is 0.380 e. The fourth-order valence-corrected chi connectivity index (χ4v) is 1.74. The van der Waals surface area contributed by atoms with Crippen molar-refractivity contribution in [1.82, 2.24) is 15.2 Å². The van der Waals surface area contributed by atoms with Crippen molar-refractivity contribution >= 4 is 0 Å². The Hall–Kier alpha value is -0.970. The second kappa shape index (κ2) is 8.35. The lowest BCUT2D eigenvalue weighted by Crippen LogP contribution is -2.35. The van der Waals surface area contributed by atoms with Gasteiger partial charge >= 0.3 is 0 Å². The van der Waals surface area contributed by atoms with Crippen molar-refractivity contribution in [3.63, 3.8) is 0 Å². The zero-order valence-corrected chi connectivity index (χ0v) is 13.6. The van der Waals surface area contributed by atoms with E-state index < -0.39 is 0 Å². The zero-order valence-electron chi connectivity index (χ0n) is 13.6. The molecule has 1 aromatic heterocycles. The third-order valence-electron chi connectivity index (χ3n) is 2.96. The molecule has 20 heavy (non-hydrogen) atoms. The van der Waals surface area contributed by atoms with E-state index in [-0.39, 0.29) is 5.54 Å². The Morgan fingerprint density at radius 2 is 2.05 bits per heavy atom. The molecule has 0 aliphatic rings. The Balaban J connectivity index is 2.38. The molecular formula is C16H29N3O. The first-order valence-corrected chi connectivity index (χ1v) is 7.36. The molecule has 0 saturated carbocycles. The van der Waals surface area contributed by atoms with Crippen LogP contribution in [0.4, 0.5) is 0 Å². The van der Waals surface area contributed by atoms with Crippen LogP contribution < -0.4 is 5.32 Å². The predicted octanol–water partition coefficient (Wildman–Crippen LogP) is 2.44. The minimum atomic E-state index is 0.137. The topological polar surface area (TPSA) is 37.4 Å². The summed E-state index contributed by atoms with van der Waals surface area (Å²) < 4.78 is 5.35. The Labute approximate surface area is 123 Å². The number of likely N-dealkylation sites (N-methyl/N-ethyl adjacent to an activating group) is 1. The monoisotopic (exact) mass is 279 g/mol. The molecule has 114 valence electrons. The van der Waals surface area contributed by atoms with Crippen LogP contribution >= 0.6 is 0 Å². The summed E-state index contributed by atoms with van der Waals surface area (Å²) in [5.41, 5.74) is 2.46. The molecule has 0 radical (unpaired) electrons. The standard InChI is InChI=1S/C16H29N3O/c1-6-20-10-9-19(5)13-15-8-7-14(11-17-15)12-18-16(2,3)4/h7-8,11,18H,6,9-10,12-13H2,1-5H3. The first-order valence-electron chi connectivity index (χ1n) is 7.36. The normalized spacial score (nSPS) is 12.1. The summed E-state index contributed by atoms with van der Waals surface area (Å²) in [5.74, 6) is 0. The van der Waals surface area contributed by atoms with Crippen LogP contribution in [-0.4, -0.2) is 42.2 Å². The van der Waals surface area contributed by atoms with Crippen molar-refractivity contribution < 1.29 is 4.74 Å². The molecule has 0 aliphatic carbocycles. The van der Waals surface area contributed by atoms with Crippen molar-refractivity contribution in [3.8, 4) is 0 Å². The number of rotatable bonds is 8. The van der Waals surface area contributed by atoms with Crippen LogP contribution in [-0.2, 0) is 17.8 Å². The van der Waals surface area contributed by atoms with Crippen molar-refractivity contribution in [1.29, 1.82) is 0 Å². The molecule has 0 atom stereocenters. The van der Waals surface area contributed by atoms with Gasteiger partial charge in [0.15, 0.2) is 0 Å². The lowest BCUT2D eigenvalue weighted by Gasteiger charge is -2.20. The summed E-state index contributed by atoms with van der Waals surface area (Å²) >= 11 is 0. The Morgan fingerprint density at radius 3 is 2.60 bits per heavy atom. The lowest BCUT2D eigenvalue weighted by atomic mass is 10.1. The van der Waals surface area contributed by atoms with Crippen molar-refractivity contribution in [3.05, 3.63) is 29.6 Å². The molecule has 1 rings (SSSR count). The zero-order chi connectivity index (χ0) is 15.0. The predicted molar refractivity (Wildman–Crippen MR) is 83.7 cm³/mol. The highest BCUT2D eigenvalue weighted by Crippen LogP contribution is 2.06. The molecule has 1 N–H and O–H groups in total. The van der Waals surface area contributed by atoms with Gasteiger partial charge in [-0.3, -0.25) is 9.88 Å². The van der Waals surface area contributed by atoms with Gasteiger partial charge < -0.3 is 10.1 Å². The van der Waals surface area contributed by atoms with Gasteiger partial charge in [-0.1, -0.05) is 6.07 Å². The number of ether oxygens (including phenoxy) is 1. The van der Waals surface area contributed by atoms with E-state index >= 15 is 0 Å². The smallest absolute Gasteiger partial charge is 0.0593 e. The Bertz CT molecular complexity index is 370. The maximum Gasteiger partial charge on any atom is 0.0593 e. The maximum absolute atomic E-state index is 5.35. The maximum atomic E-state index is 5.35. The average Bonchev–Trinajstić information content (AvgIpc) is 2.37. The summed E-state index contributed by atoms with van der Waals surface area (Å²) in [6.07, 6.45) is 1.96. The number of aromatic nitrogens is 1. The molecule has 0 bridgehead atoms. The van der Waals surface area contributed by atoms with Gasteiger partial charge in [0.1, 0.15) is 0 Å². The van der Waals surface area contributed by atoms with E-state index in [1.807, 2.05) is 13.1 Å². The quantitative estimate of drug-likeness (QED) is 0.742. The summed E-state index contributed by atoms with van der Waals surface area (Å²) in [4.78, 5) is 6.75. The molecule has 0 unspecified atom stereocenters. The van der Waals surface area contributed by atoms with Gasteiger partial charge in [-0.25, -0.2) is 0 Å². The highest BCUT2D eigenvalue weighted by atomic mass is 16.5. The second-order valence-electron chi connectivity index (χ2n) is 6.20. The summed E-state index contributed by atoms with van der Waals surface area (Å²) in [5, 5.41) is 3.47. The van der Waals surface area contributed by atoms with Crippen LogP contribution in [0.15, 0.2) is 18.3 Å². The Kier molecular flexibility index (Phi) is 7.13. The molecular weight excluding hydrogens is 250 g/mol. The number of pyridine rings is 1. The molecule has 0 saturated heterocycles. The van der Waals surface area contributed by atoms with E-state index in [0.717, 1.165) is 38.5 Å². The molecule has 1 aromatic rings. The number of hydrogen-bond donors (Lipinski definition) is 1. The van der Waals surface area contributed by atoms with Crippen LogP contribution in [0, 0.1) is 0 Å². The molecule has 0 fully saturated rings. The third kappa shape index (κ3) is 7.58. The number of hydrogen-bond acceptors (Lipinski definition) is 4. The first-order chi connectivity index (χ1) is 9.40. The van der Waals surface area contributed by atoms with Crippen molar-refractivity contribution in [2.24, 2.45) is 0 Å². The molecule has 4 nitrogen and oxygen atoms in total. The van der Waals surface area contributed by atoms with Gasteiger partial charge in [0.25, 0.3) is 0 Å². The summed E-state index contributed by atoms with van der Waals surface area (Å²) in [6.45, 7) is 12.7. The summed E-state index contributed by atoms with van der Waals surface area (Å²) in [7, 11) is 2.09. The van der Waals surface area contributed by atoms with Crippen molar-refractivity contribution in [2.45, 2.75) is 46.3 Å².